The molecule has 0 spiro atoms. The van der Waals surface area contributed by atoms with E-state index in [0.29, 0.717) is 0 Å². The molecule has 6 heteroatoms. The summed E-state index contributed by atoms with van der Waals surface area (Å²) in [5.41, 5.74) is 0.972. The summed E-state index contributed by atoms with van der Waals surface area (Å²) in [6.45, 7) is 1.87. The molecule has 23 heavy (non-hydrogen) atoms. The molecule has 2 aliphatic heterocycles. The summed E-state index contributed by atoms with van der Waals surface area (Å²) >= 11 is 0. The number of benzene rings is 1. The standard InChI is InChI=1S/C17H16O5S/c1-9-2-4-10(5-3-9)23(20,21)8-11-16(18)14-12-6-7-13(22-12)15(14)17(11)19/h2-7,12-15,18H,8H2,1H3/t12-,13+,14-,15+/m1/s1. The summed E-state index contributed by atoms with van der Waals surface area (Å²) in [4.78, 5) is 12.7. The highest BCUT2D eigenvalue weighted by Crippen LogP contribution is 2.49. The highest BCUT2D eigenvalue weighted by molar-refractivity contribution is 7.91. The number of aryl methyl sites for hydroxylation is 1. The monoisotopic (exact) mass is 332 g/mol. The van der Waals surface area contributed by atoms with Gasteiger partial charge in [0.25, 0.3) is 0 Å². The fourth-order valence-electron chi connectivity index (χ4n) is 3.64. The molecule has 4 atom stereocenters. The van der Waals surface area contributed by atoms with Crippen LogP contribution in [0.3, 0.4) is 0 Å². The van der Waals surface area contributed by atoms with E-state index >= 15 is 0 Å². The van der Waals surface area contributed by atoms with Crippen molar-refractivity contribution in [1.82, 2.24) is 0 Å². The Morgan fingerprint density at radius 3 is 2.30 bits per heavy atom. The first-order chi connectivity index (χ1) is 10.9. The van der Waals surface area contributed by atoms with Gasteiger partial charge in [0.2, 0.25) is 0 Å². The van der Waals surface area contributed by atoms with Crippen LogP contribution in [0.1, 0.15) is 5.56 Å². The lowest BCUT2D eigenvalue weighted by atomic mass is 9.84. The first-order valence-corrected chi connectivity index (χ1v) is 9.13. The summed E-state index contributed by atoms with van der Waals surface area (Å²) in [6, 6.07) is 6.47. The third kappa shape index (κ3) is 2.09. The van der Waals surface area contributed by atoms with Crippen molar-refractivity contribution in [1.29, 1.82) is 0 Å². The minimum atomic E-state index is -3.67. The van der Waals surface area contributed by atoms with Gasteiger partial charge in [0.15, 0.2) is 15.6 Å². The molecule has 0 aromatic heterocycles. The number of sulfone groups is 1. The zero-order valence-corrected chi connectivity index (χ0v) is 13.3. The maximum absolute atomic E-state index is 12.6. The zero-order valence-electron chi connectivity index (χ0n) is 12.5. The predicted octanol–water partition coefficient (Wildman–Crippen LogP) is 1.73. The van der Waals surface area contributed by atoms with Gasteiger partial charge < -0.3 is 9.84 Å². The summed E-state index contributed by atoms with van der Waals surface area (Å²) in [6.07, 6.45) is 2.97. The molecule has 1 saturated heterocycles. The molecule has 1 fully saturated rings. The quantitative estimate of drug-likeness (QED) is 0.853. The Labute approximate surface area is 134 Å². The van der Waals surface area contributed by atoms with Gasteiger partial charge >= 0.3 is 0 Å². The lowest BCUT2D eigenvalue weighted by Crippen LogP contribution is -2.27. The second-order valence-corrected chi connectivity index (χ2v) is 8.29. The number of rotatable bonds is 3. The van der Waals surface area contributed by atoms with Crippen molar-refractivity contribution in [2.24, 2.45) is 11.8 Å². The molecule has 1 aromatic rings. The fraction of sp³-hybridized carbons (Fsp3) is 0.353. The van der Waals surface area contributed by atoms with Crippen molar-refractivity contribution in [3.63, 3.8) is 0 Å². The second-order valence-electron chi connectivity index (χ2n) is 6.30. The molecule has 0 saturated carbocycles. The first kappa shape index (κ1) is 14.7. The van der Waals surface area contributed by atoms with Gasteiger partial charge in [0.05, 0.1) is 34.7 Å². The van der Waals surface area contributed by atoms with Crippen LogP contribution >= 0.6 is 0 Å². The normalized spacial score (nSPS) is 32.0. The van der Waals surface area contributed by atoms with Crippen LogP contribution in [0.5, 0.6) is 0 Å². The van der Waals surface area contributed by atoms with Crippen LogP contribution in [0.2, 0.25) is 0 Å². The van der Waals surface area contributed by atoms with E-state index in [1.165, 1.54) is 12.1 Å². The number of carbonyl (C=O) groups is 1. The molecule has 120 valence electrons. The Kier molecular flexibility index (Phi) is 3.05. The van der Waals surface area contributed by atoms with Crippen molar-refractivity contribution >= 4 is 15.6 Å². The summed E-state index contributed by atoms with van der Waals surface area (Å²) in [7, 11) is -3.67. The number of Topliss-reactive ketones (excluding diaryl/α,β-unsaturated/α-hetero) is 1. The summed E-state index contributed by atoms with van der Waals surface area (Å²) in [5, 5.41) is 10.4. The van der Waals surface area contributed by atoms with E-state index in [1.807, 2.05) is 19.1 Å². The maximum Gasteiger partial charge on any atom is 0.182 e. The zero-order chi connectivity index (χ0) is 16.4. The molecule has 2 heterocycles. The van der Waals surface area contributed by atoms with E-state index in [4.69, 9.17) is 4.74 Å². The Morgan fingerprint density at radius 2 is 1.70 bits per heavy atom. The number of aliphatic hydroxyl groups is 1. The van der Waals surface area contributed by atoms with Crippen molar-refractivity contribution in [3.8, 4) is 0 Å². The Balaban J connectivity index is 1.67. The largest absolute Gasteiger partial charge is 0.511 e. The van der Waals surface area contributed by atoms with Crippen molar-refractivity contribution in [2.45, 2.75) is 24.0 Å². The van der Waals surface area contributed by atoms with Gasteiger partial charge in [0, 0.05) is 5.57 Å². The van der Waals surface area contributed by atoms with Gasteiger partial charge in [-0.3, -0.25) is 4.79 Å². The average molecular weight is 332 g/mol. The number of ether oxygens (including phenoxy) is 1. The van der Waals surface area contributed by atoms with Gasteiger partial charge in [-0.05, 0) is 19.1 Å². The van der Waals surface area contributed by atoms with Gasteiger partial charge in [-0.1, -0.05) is 29.8 Å². The smallest absolute Gasteiger partial charge is 0.182 e. The molecular formula is C17H16O5S. The highest BCUT2D eigenvalue weighted by Gasteiger charge is 2.57. The van der Waals surface area contributed by atoms with Crippen LogP contribution in [0.15, 0.2) is 52.6 Å². The Hall–Kier alpha value is -1.92. The molecule has 3 aliphatic rings. The average Bonchev–Trinajstić information content (AvgIpc) is 3.17. The van der Waals surface area contributed by atoms with Gasteiger partial charge in [-0.2, -0.15) is 0 Å². The van der Waals surface area contributed by atoms with Crippen LogP contribution in [0.4, 0.5) is 0 Å². The number of ketones is 1. The van der Waals surface area contributed by atoms with Crippen LogP contribution in [0, 0.1) is 18.8 Å². The Morgan fingerprint density at radius 1 is 1.09 bits per heavy atom. The molecular weight excluding hydrogens is 316 g/mol. The molecule has 1 N–H and O–H groups in total. The van der Waals surface area contributed by atoms with Gasteiger partial charge in [-0.15, -0.1) is 0 Å². The van der Waals surface area contributed by atoms with E-state index in [1.54, 1.807) is 12.1 Å². The van der Waals surface area contributed by atoms with Crippen molar-refractivity contribution in [3.05, 3.63) is 53.3 Å². The Bertz CT molecular complexity index is 847. The van der Waals surface area contributed by atoms with E-state index in [2.05, 4.69) is 0 Å². The SMILES string of the molecule is Cc1ccc(S(=O)(=O)CC2=C(O)[C@H]3[C@@H](C2=O)[C@@H]2C=C[C@H]3O2)cc1. The molecule has 5 nitrogen and oxygen atoms in total. The minimum absolute atomic E-state index is 0.0163. The fourth-order valence-corrected chi connectivity index (χ4v) is 5.03. The number of fused-ring (bicyclic) bond motifs is 5. The summed E-state index contributed by atoms with van der Waals surface area (Å²) in [5.74, 6) is -1.80. The number of hydrogen-bond donors (Lipinski definition) is 1. The van der Waals surface area contributed by atoms with Crippen LogP contribution in [-0.2, 0) is 19.4 Å². The first-order valence-electron chi connectivity index (χ1n) is 7.48. The van der Waals surface area contributed by atoms with Crippen LogP contribution < -0.4 is 0 Å². The second kappa shape index (κ2) is 4.79. The molecule has 2 bridgehead atoms. The summed E-state index contributed by atoms with van der Waals surface area (Å²) < 4.78 is 30.7. The van der Waals surface area contributed by atoms with E-state index in [9.17, 15) is 18.3 Å². The van der Waals surface area contributed by atoms with E-state index < -0.39 is 27.4 Å². The minimum Gasteiger partial charge on any atom is -0.511 e. The van der Waals surface area contributed by atoms with Crippen molar-refractivity contribution < 1.29 is 23.1 Å². The van der Waals surface area contributed by atoms with Gasteiger partial charge in [0.1, 0.15) is 5.76 Å². The third-order valence-corrected chi connectivity index (χ3v) is 6.50. The van der Waals surface area contributed by atoms with Crippen LogP contribution in [0.25, 0.3) is 0 Å². The molecule has 1 aliphatic carbocycles. The lowest BCUT2D eigenvalue weighted by molar-refractivity contribution is -0.119. The van der Waals surface area contributed by atoms with Crippen LogP contribution in [-0.4, -0.2) is 37.3 Å². The molecule has 0 radical (unpaired) electrons. The third-order valence-electron chi connectivity index (χ3n) is 4.84. The van der Waals surface area contributed by atoms with E-state index in [0.717, 1.165) is 5.56 Å². The number of carbonyl (C=O) groups excluding carboxylic acids is 1. The van der Waals surface area contributed by atoms with Crippen molar-refractivity contribution in [2.75, 3.05) is 5.75 Å². The molecule has 4 rings (SSSR count). The topological polar surface area (TPSA) is 80.7 Å². The number of hydrogen-bond acceptors (Lipinski definition) is 5. The number of aliphatic hydroxyl groups excluding tert-OH is 1. The molecule has 0 amide bonds. The lowest BCUT2D eigenvalue weighted by Gasteiger charge is -2.15. The molecule has 1 aromatic carbocycles. The van der Waals surface area contributed by atoms with Gasteiger partial charge in [-0.25, -0.2) is 8.42 Å². The highest BCUT2D eigenvalue weighted by atomic mass is 32.2. The van der Waals surface area contributed by atoms with E-state index in [-0.39, 0.29) is 34.2 Å². The predicted molar refractivity (Wildman–Crippen MR) is 82.7 cm³/mol. The molecule has 0 unspecified atom stereocenters. The maximum atomic E-state index is 12.6.